The van der Waals surface area contributed by atoms with Crippen molar-refractivity contribution in [3.63, 3.8) is 0 Å². The Morgan fingerprint density at radius 2 is 0.917 bits per heavy atom. The van der Waals surface area contributed by atoms with Crippen LogP contribution in [0, 0.1) is 20.8 Å². The molecule has 4 aromatic rings. The summed E-state index contributed by atoms with van der Waals surface area (Å²) in [6.45, 7) is 32.1. The van der Waals surface area contributed by atoms with Gasteiger partial charge in [-0.05, 0) is 168 Å². The highest BCUT2D eigenvalue weighted by molar-refractivity contribution is 6.17. The first-order valence-corrected chi connectivity index (χ1v) is 23.4. The van der Waals surface area contributed by atoms with Gasteiger partial charge < -0.3 is 0 Å². The normalized spacial score (nSPS) is 19.8. The summed E-state index contributed by atoms with van der Waals surface area (Å²) in [5.74, 6) is 1.34. The standard InChI is InChI=1S/C28H40ClNO.C18H29NO.C9H12/c1-21-8-12-24(13-9-21)22(2)18-26(25-14-10-23(19-29)11-15-25)20-31-30-27(3,4)16-7-17-28(30,5)6;1-14-8-10-16(11-9-14)15(2)20-19-17(3,4)12-7-13-18(19,5)6;1-3-9-6-4-8(2)5-7-9/h8-15,22,26H,7,16-20H2,1-6H3;8-11,15H,7,12-13H2,1-6H3;4-7H,3H2,1-2H3. The molecule has 0 aromatic heterocycles. The van der Waals surface area contributed by atoms with Crippen molar-refractivity contribution in [1.82, 2.24) is 10.1 Å². The van der Waals surface area contributed by atoms with Crippen LogP contribution in [0.25, 0.3) is 0 Å². The Labute approximate surface area is 372 Å². The Bertz CT molecular complexity index is 1810. The number of rotatable bonds is 12. The SMILES string of the molecule is CCc1ccc(C)cc1.Cc1ccc(C(C)CC(CON2C(C)(C)CCCC2(C)C)c2ccc(CCl)cc2)cc1.Cc1ccc(C(C)ON2C(C)(C)CCCC2(C)C)cc1. The molecule has 0 aliphatic carbocycles. The molecule has 2 fully saturated rings. The van der Waals surface area contributed by atoms with Crippen LogP contribution in [0.5, 0.6) is 0 Å². The van der Waals surface area contributed by atoms with Gasteiger partial charge in [-0.1, -0.05) is 128 Å². The molecule has 0 saturated carbocycles. The first-order chi connectivity index (χ1) is 28.2. The summed E-state index contributed by atoms with van der Waals surface area (Å²) in [5, 5.41) is 4.54. The molecule has 3 unspecified atom stereocenters. The Morgan fingerprint density at radius 1 is 0.533 bits per heavy atom. The lowest BCUT2D eigenvalue weighted by molar-refractivity contribution is -0.304. The predicted octanol–water partition coefficient (Wildman–Crippen LogP) is 15.6. The molecule has 4 aromatic carbocycles. The van der Waals surface area contributed by atoms with E-state index in [1.54, 1.807) is 0 Å². The summed E-state index contributed by atoms with van der Waals surface area (Å²) in [6, 6.07) is 35.1. The van der Waals surface area contributed by atoms with Crippen LogP contribution in [0.15, 0.2) is 97.1 Å². The molecule has 6 rings (SSSR count). The number of benzene rings is 4. The van der Waals surface area contributed by atoms with Crippen molar-refractivity contribution in [1.29, 1.82) is 0 Å². The van der Waals surface area contributed by atoms with E-state index in [9.17, 15) is 0 Å². The van der Waals surface area contributed by atoms with Crippen molar-refractivity contribution in [2.24, 2.45) is 0 Å². The molecular weight excluding hydrogens is 756 g/mol. The summed E-state index contributed by atoms with van der Waals surface area (Å²) in [6.07, 6.45) is 9.54. The predicted molar refractivity (Wildman–Crippen MR) is 258 cm³/mol. The van der Waals surface area contributed by atoms with Crippen LogP contribution < -0.4 is 0 Å². The Kier molecular flexibility index (Phi) is 18.1. The van der Waals surface area contributed by atoms with E-state index in [1.807, 2.05) is 0 Å². The second kappa shape index (κ2) is 21.9. The topological polar surface area (TPSA) is 24.9 Å². The van der Waals surface area contributed by atoms with Crippen LogP contribution in [-0.4, -0.2) is 38.9 Å². The number of hydrogen-bond acceptors (Lipinski definition) is 4. The van der Waals surface area contributed by atoms with Crippen LogP contribution in [0.4, 0.5) is 0 Å². The lowest BCUT2D eigenvalue weighted by atomic mass is 9.82. The number of aryl methyl sites for hydroxylation is 4. The maximum absolute atomic E-state index is 6.65. The zero-order chi connectivity index (χ0) is 44.3. The third-order valence-electron chi connectivity index (χ3n) is 13.0. The van der Waals surface area contributed by atoms with Gasteiger partial charge in [-0.25, -0.2) is 0 Å². The fraction of sp³-hybridized carbons (Fsp3) is 0.564. The Morgan fingerprint density at radius 3 is 1.35 bits per heavy atom. The molecule has 330 valence electrons. The highest BCUT2D eigenvalue weighted by Gasteiger charge is 2.44. The van der Waals surface area contributed by atoms with Gasteiger partial charge in [-0.3, -0.25) is 9.68 Å². The Hall–Kier alpha value is -2.99. The summed E-state index contributed by atoms with van der Waals surface area (Å²) in [5.41, 5.74) is 10.8. The number of hydrogen-bond donors (Lipinski definition) is 0. The molecule has 0 bridgehead atoms. The van der Waals surface area contributed by atoms with Crippen molar-refractivity contribution in [2.45, 2.75) is 194 Å². The van der Waals surface area contributed by atoms with E-state index in [0.717, 1.165) is 18.4 Å². The maximum Gasteiger partial charge on any atom is 0.102 e. The number of hydroxylamine groups is 4. The van der Waals surface area contributed by atoms with E-state index in [2.05, 4.69) is 204 Å². The maximum atomic E-state index is 6.65. The van der Waals surface area contributed by atoms with Crippen molar-refractivity contribution in [3.05, 3.63) is 142 Å². The van der Waals surface area contributed by atoms with Gasteiger partial charge in [0, 0.05) is 34.0 Å². The van der Waals surface area contributed by atoms with Gasteiger partial charge in [0.05, 0.1) is 6.61 Å². The summed E-state index contributed by atoms with van der Waals surface area (Å²) in [7, 11) is 0. The van der Waals surface area contributed by atoms with Gasteiger partial charge in [0.25, 0.3) is 0 Å². The van der Waals surface area contributed by atoms with Gasteiger partial charge in [0.15, 0.2) is 0 Å². The van der Waals surface area contributed by atoms with E-state index >= 15 is 0 Å². The number of piperidine rings is 2. The van der Waals surface area contributed by atoms with Gasteiger partial charge in [0.1, 0.15) is 6.10 Å². The fourth-order valence-corrected chi connectivity index (χ4v) is 9.45. The average Bonchev–Trinajstić information content (AvgIpc) is 3.19. The van der Waals surface area contributed by atoms with Gasteiger partial charge >= 0.3 is 0 Å². The smallest absolute Gasteiger partial charge is 0.102 e. The largest absolute Gasteiger partial charge is 0.297 e. The molecule has 2 heterocycles. The van der Waals surface area contributed by atoms with Gasteiger partial charge in [-0.2, -0.15) is 10.1 Å². The number of halogens is 1. The molecule has 0 amide bonds. The first kappa shape index (κ1) is 49.7. The van der Waals surface area contributed by atoms with Gasteiger partial charge in [-0.15, -0.1) is 11.6 Å². The molecule has 0 radical (unpaired) electrons. The van der Waals surface area contributed by atoms with Crippen LogP contribution in [-0.2, 0) is 22.0 Å². The molecular formula is C55H81ClN2O2. The molecule has 0 N–H and O–H groups in total. The zero-order valence-corrected chi connectivity index (χ0v) is 40.9. The van der Waals surface area contributed by atoms with E-state index in [4.69, 9.17) is 21.3 Å². The third kappa shape index (κ3) is 14.3. The number of alkyl halides is 1. The second-order valence-electron chi connectivity index (χ2n) is 20.5. The second-order valence-corrected chi connectivity index (χ2v) is 20.7. The third-order valence-corrected chi connectivity index (χ3v) is 13.3. The first-order valence-electron chi connectivity index (χ1n) is 22.9. The molecule has 2 aliphatic heterocycles. The zero-order valence-electron chi connectivity index (χ0n) is 40.1. The summed E-state index contributed by atoms with van der Waals surface area (Å²) >= 11 is 6.03. The van der Waals surface area contributed by atoms with Crippen LogP contribution in [0.2, 0.25) is 0 Å². The van der Waals surface area contributed by atoms with Crippen molar-refractivity contribution in [2.75, 3.05) is 6.61 Å². The van der Waals surface area contributed by atoms with E-state index in [1.165, 1.54) is 77.5 Å². The summed E-state index contributed by atoms with van der Waals surface area (Å²) < 4.78 is 0. The van der Waals surface area contributed by atoms with Crippen LogP contribution in [0.3, 0.4) is 0 Å². The quantitative estimate of drug-likeness (QED) is 0.133. The average molecular weight is 838 g/mol. The molecule has 0 spiro atoms. The van der Waals surface area contributed by atoms with Crippen molar-refractivity contribution >= 4 is 11.6 Å². The van der Waals surface area contributed by atoms with Crippen molar-refractivity contribution in [3.8, 4) is 0 Å². The highest BCUT2D eigenvalue weighted by atomic mass is 35.5. The minimum absolute atomic E-state index is 0.0529. The molecule has 2 aliphatic rings. The molecule has 60 heavy (non-hydrogen) atoms. The number of nitrogens with zero attached hydrogens (tertiary/aromatic N) is 2. The van der Waals surface area contributed by atoms with Gasteiger partial charge in [0.2, 0.25) is 0 Å². The molecule has 4 nitrogen and oxygen atoms in total. The van der Waals surface area contributed by atoms with Crippen LogP contribution in [0.1, 0.15) is 184 Å². The fourth-order valence-electron chi connectivity index (χ4n) is 9.27. The Balaban J connectivity index is 0.000000232. The van der Waals surface area contributed by atoms with E-state index < -0.39 is 0 Å². The van der Waals surface area contributed by atoms with Crippen LogP contribution >= 0.6 is 11.6 Å². The minimum Gasteiger partial charge on any atom is -0.297 e. The molecule has 2 saturated heterocycles. The lowest BCUT2D eigenvalue weighted by Crippen LogP contribution is -2.58. The monoisotopic (exact) mass is 837 g/mol. The molecule has 5 heteroatoms. The van der Waals surface area contributed by atoms with E-state index in [0.29, 0.717) is 24.3 Å². The lowest BCUT2D eigenvalue weighted by Gasteiger charge is -2.52. The minimum atomic E-state index is 0.0529. The van der Waals surface area contributed by atoms with Crippen molar-refractivity contribution < 1.29 is 9.68 Å². The molecule has 3 atom stereocenters. The summed E-state index contributed by atoms with van der Waals surface area (Å²) in [4.78, 5) is 13.0. The van der Waals surface area contributed by atoms with E-state index in [-0.39, 0.29) is 28.3 Å². The highest BCUT2D eigenvalue weighted by Crippen LogP contribution is 2.41.